The Kier molecular flexibility index (Phi) is 4.32. The molecule has 16 heavy (non-hydrogen) atoms. The molecule has 1 rings (SSSR count). The molecule has 90 valence electrons. The molecule has 5 heteroatoms. The van der Waals surface area contributed by atoms with Gasteiger partial charge in [0.15, 0.2) is 0 Å². The summed E-state index contributed by atoms with van der Waals surface area (Å²) in [4.78, 5) is 0.223. The first-order valence-corrected chi connectivity index (χ1v) is 6.65. The fraction of sp³-hybridized carbons (Fsp3) is 0.455. The summed E-state index contributed by atoms with van der Waals surface area (Å²) in [6.07, 6.45) is 0. The van der Waals surface area contributed by atoms with Crippen LogP contribution in [0.25, 0.3) is 0 Å². The van der Waals surface area contributed by atoms with Crippen molar-refractivity contribution >= 4 is 10.0 Å². The van der Waals surface area contributed by atoms with E-state index in [4.69, 9.17) is 4.74 Å². The van der Waals surface area contributed by atoms with E-state index in [1.807, 2.05) is 13.8 Å². The lowest BCUT2D eigenvalue weighted by atomic mass is 10.3. The third-order valence-corrected chi connectivity index (χ3v) is 4.48. The molecule has 0 aliphatic carbocycles. The lowest BCUT2D eigenvalue weighted by Crippen LogP contribution is -2.30. The molecule has 0 aliphatic heterocycles. The van der Waals surface area contributed by atoms with Gasteiger partial charge in [-0.3, -0.25) is 0 Å². The Morgan fingerprint density at radius 1 is 1.19 bits per heavy atom. The van der Waals surface area contributed by atoms with Crippen LogP contribution in [0.5, 0.6) is 5.75 Å². The highest BCUT2D eigenvalue weighted by atomic mass is 32.2. The zero-order chi connectivity index (χ0) is 12.2. The van der Waals surface area contributed by atoms with Crippen LogP contribution in [0.3, 0.4) is 0 Å². The highest BCUT2D eigenvalue weighted by Gasteiger charge is 2.24. The second-order valence-electron chi connectivity index (χ2n) is 3.24. The van der Waals surface area contributed by atoms with Gasteiger partial charge in [0.2, 0.25) is 10.0 Å². The molecular formula is C11H17NO3S. The number of ether oxygens (including phenoxy) is 1. The standard InChI is InChI=1S/C11H17NO3S/c1-4-12(5-2)16(13,14)11-9-7-6-8-10(11)15-3/h6-9H,4-5H2,1-3H3. The van der Waals surface area contributed by atoms with Crippen molar-refractivity contribution in [2.75, 3.05) is 20.2 Å². The van der Waals surface area contributed by atoms with Gasteiger partial charge >= 0.3 is 0 Å². The van der Waals surface area contributed by atoms with Crippen LogP contribution in [0.4, 0.5) is 0 Å². The second-order valence-corrected chi connectivity index (χ2v) is 5.15. The fourth-order valence-corrected chi connectivity index (χ4v) is 3.15. The summed E-state index contributed by atoms with van der Waals surface area (Å²) >= 11 is 0. The Morgan fingerprint density at radius 3 is 2.25 bits per heavy atom. The fourth-order valence-electron chi connectivity index (χ4n) is 1.53. The Morgan fingerprint density at radius 2 is 1.75 bits per heavy atom. The molecule has 0 spiro atoms. The van der Waals surface area contributed by atoms with Gasteiger partial charge in [-0.1, -0.05) is 26.0 Å². The van der Waals surface area contributed by atoms with Gasteiger partial charge in [0.1, 0.15) is 10.6 Å². The van der Waals surface area contributed by atoms with Crippen LogP contribution >= 0.6 is 0 Å². The monoisotopic (exact) mass is 243 g/mol. The van der Waals surface area contributed by atoms with Gasteiger partial charge in [0.05, 0.1) is 7.11 Å². The number of sulfonamides is 1. The molecule has 0 N–H and O–H groups in total. The minimum absolute atomic E-state index is 0.223. The van der Waals surface area contributed by atoms with Gasteiger partial charge in [-0.15, -0.1) is 0 Å². The molecule has 0 aliphatic rings. The van der Waals surface area contributed by atoms with E-state index in [2.05, 4.69) is 0 Å². The molecule has 0 unspecified atom stereocenters. The number of rotatable bonds is 5. The Bertz CT molecular complexity index is 438. The van der Waals surface area contributed by atoms with Gasteiger partial charge in [0.25, 0.3) is 0 Å². The Hall–Kier alpha value is -1.07. The summed E-state index contributed by atoms with van der Waals surface area (Å²) in [5.41, 5.74) is 0. The maximum absolute atomic E-state index is 12.2. The summed E-state index contributed by atoms with van der Waals surface area (Å²) in [7, 11) is -1.97. The van der Waals surface area contributed by atoms with Crippen molar-refractivity contribution < 1.29 is 13.2 Å². The van der Waals surface area contributed by atoms with Gasteiger partial charge in [-0.25, -0.2) is 8.42 Å². The third-order valence-electron chi connectivity index (χ3n) is 2.39. The quantitative estimate of drug-likeness (QED) is 0.791. The zero-order valence-electron chi connectivity index (χ0n) is 9.80. The van der Waals surface area contributed by atoms with Crippen LogP contribution in [0.1, 0.15) is 13.8 Å². The average molecular weight is 243 g/mol. The van der Waals surface area contributed by atoms with E-state index in [1.165, 1.54) is 11.4 Å². The van der Waals surface area contributed by atoms with Crippen LogP contribution < -0.4 is 4.74 Å². The van der Waals surface area contributed by atoms with Gasteiger partial charge < -0.3 is 4.74 Å². The first-order valence-electron chi connectivity index (χ1n) is 5.21. The molecule has 0 atom stereocenters. The van der Waals surface area contributed by atoms with E-state index < -0.39 is 10.0 Å². The van der Waals surface area contributed by atoms with Gasteiger partial charge in [-0.05, 0) is 12.1 Å². The predicted molar refractivity (Wildman–Crippen MR) is 63.1 cm³/mol. The third kappa shape index (κ3) is 2.36. The van der Waals surface area contributed by atoms with Crippen molar-refractivity contribution in [3.05, 3.63) is 24.3 Å². The summed E-state index contributed by atoms with van der Waals surface area (Å²) in [5.74, 6) is 0.384. The number of nitrogens with zero attached hydrogens (tertiary/aromatic N) is 1. The maximum atomic E-state index is 12.2. The molecular weight excluding hydrogens is 226 g/mol. The molecule has 0 bridgehead atoms. The van der Waals surface area contributed by atoms with Crippen LogP contribution in [-0.2, 0) is 10.0 Å². The van der Waals surface area contributed by atoms with Gasteiger partial charge in [0, 0.05) is 13.1 Å². The van der Waals surface area contributed by atoms with E-state index in [0.29, 0.717) is 18.8 Å². The molecule has 0 fully saturated rings. The number of hydrogen-bond donors (Lipinski definition) is 0. The van der Waals surface area contributed by atoms with Crippen LogP contribution in [-0.4, -0.2) is 32.9 Å². The smallest absolute Gasteiger partial charge is 0.246 e. The largest absolute Gasteiger partial charge is 0.495 e. The molecule has 0 saturated carbocycles. The predicted octanol–water partition coefficient (Wildman–Crippen LogP) is 1.73. The number of methoxy groups -OCH3 is 1. The van der Waals surface area contributed by atoms with E-state index in [1.54, 1.807) is 24.3 Å². The van der Waals surface area contributed by atoms with E-state index in [-0.39, 0.29) is 4.90 Å². The van der Waals surface area contributed by atoms with Gasteiger partial charge in [-0.2, -0.15) is 4.31 Å². The van der Waals surface area contributed by atoms with Crippen molar-refractivity contribution in [3.8, 4) is 5.75 Å². The summed E-state index contributed by atoms with van der Waals surface area (Å²) in [6, 6.07) is 6.65. The lowest BCUT2D eigenvalue weighted by molar-refractivity contribution is 0.395. The number of para-hydroxylation sites is 1. The molecule has 4 nitrogen and oxygen atoms in total. The van der Waals surface area contributed by atoms with Crippen molar-refractivity contribution in [3.63, 3.8) is 0 Å². The molecule has 1 aromatic rings. The van der Waals surface area contributed by atoms with Crippen molar-refractivity contribution in [2.24, 2.45) is 0 Å². The SMILES string of the molecule is CCN(CC)S(=O)(=O)c1ccccc1OC. The molecule has 1 aromatic carbocycles. The van der Waals surface area contributed by atoms with Crippen LogP contribution in [0, 0.1) is 0 Å². The minimum atomic E-state index is -3.44. The molecule has 0 saturated heterocycles. The normalized spacial score (nSPS) is 11.8. The maximum Gasteiger partial charge on any atom is 0.246 e. The minimum Gasteiger partial charge on any atom is -0.495 e. The molecule has 0 radical (unpaired) electrons. The van der Waals surface area contributed by atoms with E-state index >= 15 is 0 Å². The first kappa shape index (κ1) is 13.0. The second kappa shape index (κ2) is 5.32. The van der Waals surface area contributed by atoms with Crippen LogP contribution in [0.15, 0.2) is 29.2 Å². The number of benzene rings is 1. The average Bonchev–Trinajstić information content (AvgIpc) is 2.30. The Balaban J connectivity index is 3.26. The lowest BCUT2D eigenvalue weighted by Gasteiger charge is -2.19. The topological polar surface area (TPSA) is 46.6 Å². The Labute approximate surface area is 96.9 Å². The van der Waals surface area contributed by atoms with E-state index in [9.17, 15) is 8.42 Å². The highest BCUT2D eigenvalue weighted by molar-refractivity contribution is 7.89. The zero-order valence-corrected chi connectivity index (χ0v) is 10.6. The first-order chi connectivity index (χ1) is 7.57. The van der Waals surface area contributed by atoms with Crippen molar-refractivity contribution in [1.29, 1.82) is 0 Å². The molecule has 0 heterocycles. The van der Waals surface area contributed by atoms with E-state index in [0.717, 1.165) is 0 Å². The summed E-state index contributed by atoms with van der Waals surface area (Å²) < 4.78 is 30.9. The number of hydrogen-bond acceptors (Lipinski definition) is 3. The summed E-state index contributed by atoms with van der Waals surface area (Å²) in [5, 5.41) is 0. The molecule has 0 amide bonds. The van der Waals surface area contributed by atoms with Crippen molar-refractivity contribution in [2.45, 2.75) is 18.7 Å². The highest BCUT2D eigenvalue weighted by Crippen LogP contribution is 2.25. The van der Waals surface area contributed by atoms with Crippen LogP contribution in [0.2, 0.25) is 0 Å². The van der Waals surface area contributed by atoms with Crippen molar-refractivity contribution in [1.82, 2.24) is 4.31 Å². The molecule has 0 aromatic heterocycles. The summed E-state index contributed by atoms with van der Waals surface area (Å²) in [6.45, 7) is 4.54.